The third-order valence-corrected chi connectivity index (χ3v) is 3.64. The smallest absolute Gasteiger partial charge is 0.249 e. The zero-order valence-electron chi connectivity index (χ0n) is 11.1. The van der Waals surface area contributed by atoms with Crippen molar-refractivity contribution in [3.63, 3.8) is 0 Å². The number of amides is 2. The molecule has 6 heteroatoms. The van der Waals surface area contributed by atoms with E-state index >= 15 is 0 Å². The first-order valence-electron chi connectivity index (χ1n) is 6.37. The Labute approximate surface area is 115 Å². The first-order chi connectivity index (χ1) is 9.60. The van der Waals surface area contributed by atoms with Gasteiger partial charge < -0.3 is 15.0 Å². The molecule has 1 aliphatic heterocycles. The van der Waals surface area contributed by atoms with Crippen molar-refractivity contribution in [2.45, 2.75) is 18.9 Å². The minimum atomic E-state index is -0.370. The first kappa shape index (κ1) is 12.5. The summed E-state index contributed by atoms with van der Waals surface area (Å²) in [6, 6.07) is 3.32. The topological polar surface area (TPSA) is 86.3 Å². The van der Waals surface area contributed by atoms with E-state index in [0.717, 1.165) is 10.8 Å². The standard InChI is InChI=1S/C14H15N3O3/c1-20-11-4-2-8-6-17(7-9(8)13(11)15)10-3-5-12(18)16-14(10)19/h2,4,6-7,10H,3,5,15H2,1H3,(H,16,18,19). The van der Waals surface area contributed by atoms with Crippen molar-refractivity contribution in [2.75, 3.05) is 12.8 Å². The molecule has 20 heavy (non-hydrogen) atoms. The number of aromatic nitrogens is 1. The van der Waals surface area contributed by atoms with Gasteiger partial charge in [0.25, 0.3) is 0 Å². The lowest BCUT2D eigenvalue weighted by Gasteiger charge is -2.21. The number of nitrogens with zero attached hydrogens (tertiary/aromatic N) is 1. The van der Waals surface area contributed by atoms with Crippen LogP contribution in [0.2, 0.25) is 0 Å². The summed E-state index contributed by atoms with van der Waals surface area (Å²) >= 11 is 0. The molecular weight excluding hydrogens is 258 g/mol. The first-order valence-corrected chi connectivity index (χ1v) is 6.37. The van der Waals surface area contributed by atoms with E-state index in [0.29, 0.717) is 24.3 Å². The van der Waals surface area contributed by atoms with Gasteiger partial charge in [-0.2, -0.15) is 0 Å². The monoisotopic (exact) mass is 273 g/mol. The van der Waals surface area contributed by atoms with Crippen molar-refractivity contribution in [1.82, 2.24) is 9.88 Å². The second-order valence-electron chi connectivity index (χ2n) is 4.86. The van der Waals surface area contributed by atoms with E-state index in [-0.39, 0.29) is 17.9 Å². The van der Waals surface area contributed by atoms with E-state index in [1.807, 2.05) is 23.0 Å². The van der Waals surface area contributed by atoms with Gasteiger partial charge in [-0.15, -0.1) is 0 Å². The number of piperidine rings is 1. The molecule has 1 aliphatic rings. The molecule has 0 radical (unpaired) electrons. The third kappa shape index (κ3) is 1.89. The summed E-state index contributed by atoms with van der Waals surface area (Å²) in [5.74, 6) is 0.120. The van der Waals surface area contributed by atoms with Crippen LogP contribution in [0.25, 0.3) is 10.8 Å². The van der Waals surface area contributed by atoms with E-state index in [9.17, 15) is 9.59 Å². The molecule has 1 unspecified atom stereocenters. The normalized spacial score (nSPS) is 19.1. The van der Waals surface area contributed by atoms with Crippen LogP contribution in [0, 0.1) is 0 Å². The number of nitrogen functional groups attached to an aromatic ring is 1. The minimum Gasteiger partial charge on any atom is -0.495 e. The van der Waals surface area contributed by atoms with Gasteiger partial charge in [0.05, 0.1) is 12.8 Å². The van der Waals surface area contributed by atoms with Gasteiger partial charge in [-0.1, -0.05) is 0 Å². The molecular formula is C14H15N3O3. The molecule has 2 heterocycles. The quantitative estimate of drug-likeness (QED) is 0.636. The molecule has 1 atom stereocenters. The molecule has 0 saturated carbocycles. The number of nitrogens with one attached hydrogen (secondary N) is 1. The number of rotatable bonds is 2. The summed E-state index contributed by atoms with van der Waals surface area (Å²) in [5, 5.41) is 4.13. The molecule has 0 aliphatic carbocycles. The lowest BCUT2D eigenvalue weighted by molar-refractivity contribution is -0.135. The van der Waals surface area contributed by atoms with Gasteiger partial charge in [-0.05, 0) is 18.6 Å². The van der Waals surface area contributed by atoms with Gasteiger partial charge in [0.2, 0.25) is 11.8 Å². The van der Waals surface area contributed by atoms with Crippen molar-refractivity contribution in [1.29, 1.82) is 0 Å². The van der Waals surface area contributed by atoms with Crippen LogP contribution >= 0.6 is 0 Å². The highest BCUT2D eigenvalue weighted by Gasteiger charge is 2.28. The Morgan fingerprint density at radius 1 is 1.35 bits per heavy atom. The second-order valence-corrected chi connectivity index (χ2v) is 4.86. The maximum absolute atomic E-state index is 11.9. The Hall–Kier alpha value is -2.50. The third-order valence-electron chi connectivity index (χ3n) is 3.64. The molecule has 6 nitrogen and oxygen atoms in total. The number of methoxy groups -OCH3 is 1. The Morgan fingerprint density at radius 2 is 2.15 bits per heavy atom. The highest BCUT2D eigenvalue weighted by atomic mass is 16.5. The maximum atomic E-state index is 11.9. The van der Waals surface area contributed by atoms with Gasteiger partial charge in [-0.25, -0.2) is 0 Å². The average Bonchev–Trinajstić information content (AvgIpc) is 2.84. The van der Waals surface area contributed by atoms with E-state index in [2.05, 4.69) is 5.32 Å². The summed E-state index contributed by atoms with van der Waals surface area (Å²) in [7, 11) is 1.56. The van der Waals surface area contributed by atoms with Crippen molar-refractivity contribution < 1.29 is 14.3 Å². The number of carbonyl (C=O) groups excluding carboxylic acids is 2. The van der Waals surface area contributed by atoms with Crippen LogP contribution in [0.4, 0.5) is 5.69 Å². The van der Waals surface area contributed by atoms with Crippen molar-refractivity contribution in [3.8, 4) is 5.75 Å². The Kier molecular flexibility index (Phi) is 2.85. The van der Waals surface area contributed by atoms with Crippen LogP contribution in [0.3, 0.4) is 0 Å². The number of benzene rings is 1. The second kappa shape index (κ2) is 4.56. The number of anilines is 1. The SMILES string of the molecule is COc1ccc2cn(C3CCC(=O)NC3=O)cc2c1N. The molecule has 2 amide bonds. The summed E-state index contributed by atoms with van der Waals surface area (Å²) in [6.45, 7) is 0. The van der Waals surface area contributed by atoms with Crippen LogP contribution in [0.15, 0.2) is 24.5 Å². The molecule has 0 bridgehead atoms. The summed E-state index contributed by atoms with van der Waals surface area (Å²) in [6.07, 6.45) is 4.55. The molecule has 3 N–H and O–H groups in total. The van der Waals surface area contributed by atoms with Gasteiger partial charge in [0, 0.05) is 29.6 Å². The summed E-state index contributed by atoms with van der Waals surface area (Å²) in [5.41, 5.74) is 6.59. The minimum absolute atomic E-state index is 0.218. The van der Waals surface area contributed by atoms with Crippen LogP contribution < -0.4 is 15.8 Å². The van der Waals surface area contributed by atoms with Gasteiger partial charge >= 0.3 is 0 Å². The molecule has 1 aromatic heterocycles. The number of imide groups is 1. The highest BCUT2D eigenvalue weighted by molar-refractivity contribution is 6.00. The van der Waals surface area contributed by atoms with Gasteiger partial charge in [0.1, 0.15) is 11.8 Å². The molecule has 1 saturated heterocycles. The van der Waals surface area contributed by atoms with E-state index < -0.39 is 0 Å². The molecule has 3 rings (SSSR count). The Balaban J connectivity index is 2.03. The van der Waals surface area contributed by atoms with E-state index in [4.69, 9.17) is 10.5 Å². The average molecular weight is 273 g/mol. The summed E-state index contributed by atoms with van der Waals surface area (Å²) < 4.78 is 6.99. The van der Waals surface area contributed by atoms with Crippen molar-refractivity contribution >= 4 is 28.3 Å². The molecule has 0 spiro atoms. The molecule has 1 aromatic carbocycles. The molecule has 104 valence electrons. The molecule has 1 fully saturated rings. The largest absolute Gasteiger partial charge is 0.495 e. The number of hydrogen-bond acceptors (Lipinski definition) is 4. The van der Waals surface area contributed by atoms with Crippen molar-refractivity contribution in [3.05, 3.63) is 24.5 Å². The number of fused-ring (bicyclic) bond motifs is 1. The van der Waals surface area contributed by atoms with E-state index in [1.54, 1.807) is 13.2 Å². The fraction of sp³-hybridized carbons (Fsp3) is 0.286. The van der Waals surface area contributed by atoms with Gasteiger partial charge in [0.15, 0.2) is 0 Å². The zero-order valence-corrected chi connectivity index (χ0v) is 11.1. The van der Waals surface area contributed by atoms with Crippen LogP contribution in [-0.4, -0.2) is 23.5 Å². The highest BCUT2D eigenvalue weighted by Crippen LogP contribution is 2.32. The number of nitrogens with two attached hydrogens (primary N) is 1. The predicted octanol–water partition coefficient (Wildman–Crippen LogP) is 1.21. The number of carbonyl (C=O) groups is 2. The van der Waals surface area contributed by atoms with Crippen LogP contribution in [-0.2, 0) is 9.59 Å². The predicted molar refractivity (Wildman–Crippen MR) is 74.3 cm³/mol. The lowest BCUT2D eigenvalue weighted by Crippen LogP contribution is -2.41. The number of ether oxygens (including phenoxy) is 1. The zero-order chi connectivity index (χ0) is 14.3. The Bertz CT molecular complexity index is 705. The summed E-state index contributed by atoms with van der Waals surface area (Å²) in [4.78, 5) is 23.1. The number of hydrogen-bond donors (Lipinski definition) is 2. The fourth-order valence-electron chi connectivity index (χ4n) is 2.56. The lowest BCUT2D eigenvalue weighted by atomic mass is 10.1. The van der Waals surface area contributed by atoms with Crippen LogP contribution in [0.5, 0.6) is 5.75 Å². The van der Waals surface area contributed by atoms with Crippen molar-refractivity contribution in [2.24, 2.45) is 0 Å². The Morgan fingerprint density at radius 3 is 2.85 bits per heavy atom. The maximum Gasteiger partial charge on any atom is 0.249 e. The van der Waals surface area contributed by atoms with Gasteiger partial charge in [-0.3, -0.25) is 14.9 Å². The fourth-order valence-corrected chi connectivity index (χ4v) is 2.56. The molecule has 2 aromatic rings. The van der Waals surface area contributed by atoms with Crippen LogP contribution in [0.1, 0.15) is 18.9 Å². The van der Waals surface area contributed by atoms with E-state index in [1.165, 1.54) is 0 Å².